The first-order valence-electron chi connectivity index (χ1n) is 3.11. The van der Waals surface area contributed by atoms with E-state index in [1.54, 1.807) is 6.26 Å². The number of rotatable bonds is 2. The van der Waals surface area contributed by atoms with E-state index >= 15 is 0 Å². The molecule has 0 aliphatic carbocycles. The zero-order chi connectivity index (χ0) is 9.19. The van der Waals surface area contributed by atoms with Crippen molar-refractivity contribution >= 4 is 21.6 Å². The van der Waals surface area contributed by atoms with Gasteiger partial charge in [0.1, 0.15) is 5.03 Å². The van der Waals surface area contributed by atoms with E-state index in [1.807, 2.05) is 0 Å². The molecular weight excluding hydrogens is 196 g/mol. The van der Waals surface area contributed by atoms with Gasteiger partial charge in [-0.25, -0.2) is 18.4 Å². The Balaban J connectivity index is 3.33. The third-order valence-electron chi connectivity index (χ3n) is 1.18. The molecule has 0 bridgehead atoms. The van der Waals surface area contributed by atoms with Crippen LogP contribution < -0.4 is 0 Å². The van der Waals surface area contributed by atoms with Gasteiger partial charge in [-0.3, -0.25) is 0 Å². The highest BCUT2D eigenvalue weighted by atomic mass is 32.2. The number of nitrogens with zero attached hydrogens (tertiary/aromatic N) is 2. The predicted octanol–water partition coefficient (Wildman–Crippen LogP) is 0.602. The van der Waals surface area contributed by atoms with Crippen molar-refractivity contribution in [2.24, 2.45) is 0 Å². The van der Waals surface area contributed by atoms with Crippen molar-refractivity contribution in [3.8, 4) is 0 Å². The largest absolute Gasteiger partial charge is 0.245 e. The second-order valence-corrected chi connectivity index (χ2v) is 4.87. The summed E-state index contributed by atoms with van der Waals surface area (Å²) in [5.74, 6) is 0. The van der Waals surface area contributed by atoms with Crippen LogP contribution in [0.2, 0.25) is 0 Å². The second kappa shape index (κ2) is 3.40. The Morgan fingerprint density at radius 3 is 2.33 bits per heavy atom. The monoisotopic (exact) mass is 204 g/mol. The minimum atomic E-state index is -3.24. The fourth-order valence-electron chi connectivity index (χ4n) is 0.707. The van der Waals surface area contributed by atoms with Gasteiger partial charge >= 0.3 is 0 Å². The summed E-state index contributed by atoms with van der Waals surface area (Å²) < 4.78 is 22.2. The van der Waals surface area contributed by atoms with E-state index in [1.165, 1.54) is 24.2 Å². The maximum atomic E-state index is 11.1. The van der Waals surface area contributed by atoms with Crippen molar-refractivity contribution < 1.29 is 8.42 Å². The van der Waals surface area contributed by atoms with E-state index < -0.39 is 9.84 Å². The van der Waals surface area contributed by atoms with E-state index in [9.17, 15) is 8.42 Å². The third kappa shape index (κ3) is 1.95. The first kappa shape index (κ1) is 9.47. The van der Waals surface area contributed by atoms with Crippen LogP contribution in [0.5, 0.6) is 0 Å². The quantitative estimate of drug-likeness (QED) is 0.660. The Morgan fingerprint density at radius 1 is 1.33 bits per heavy atom. The van der Waals surface area contributed by atoms with Crippen LogP contribution in [0.25, 0.3) is 0 Å². The van der Waals surface area contributed by atoms with Gasteiger partial charge in [0, 0.05) is 18.6 Å². The van der Waals surface area contributed by atoms with E-state index in [0.717, 1.165) is 6.26 Å². The maximum absolute atomic E-state index is 11.1. The van der Waals surface area contributed by atoms with Gasteiger partial charge in [-0.15, -0.1) is 11.8 Å². The second-order valence-electron chi connectivity index (χ2n) is 2.14. The first-order chi connectivity index (χ1) is 5.55. The molecule has 4 nitrogen and oxygen atoms in total. The average Bonchev–Trinajstić information content (AvgIpc) is 2.03. The first-order valence-corrected chi connectivity index (χ1v) is 6.22. The van der Waals surface area contributed by atoms with Gasteiger partial charge in [0.2, 0.25) is 0 Å². The van der Waals surface area contributed by atoms with Crippen LogP contribution in [-0.2, 0) is 9.84 Å². The van der Waals surface area contributed by atoms with Gasteiger partial charge in [-0.2, -0.15) is 0 Å². The molecule has 0 aliphatic rings. The molecule has 0 saturated heterocycles. The summed E-state index contributed by atoms with van der Waals surface area (Å²) >= 11 is 1.27. The molecule has 1 heterocycles. The van der Waals surface area contributed by atoms with Crippen molar-refractivity contribution in [1.29, 1.82) is 0 Å². The molecule has 1 aromatic rings. The minimum Gasteiger partial charge on any atom is -0.245 e. The van der Waals surface area contributed by atoms with Gasteiger partial charge in [-0.1, -0.05) is 0 Å². The van der Waals surface area contributed by atoms with E-state index in [2.05, 4.69) is 9.97 Å². The minimum absolute atomic E-state index is 0.0532. The van der Waals surface area contributed by atoms with Gasteiger partial charge in [0.15, 0.2) is 14.9 Å². The summed E-state index contributed by atoms with van der Waals surface area (Å²) in [6.45, 7) is 0. The van der Waals surface area contributed by atoms with E-state index in [0.29, 0.717) is 5.03 Å². The smallest absolute Gasteiger partial charge is 0.195 e. The fourth-order valence-corrected chi connectivity index (χ4v) is 2.43. The third-order valence-corrected chi connectivity index (χ3v) is 2.99. The standard InChI is InChI=1S/C6H8N2O2S2/c1-11-5-6(12(2,9)10)8-4-3-7-5/h3-4H,1-2H3. The lowest BCUT2D eigenvalue weighted by Gasteiger charge is -2.00. The lowest BCUT2D eigenvalue weighted by molar-refractivity contribution is 0.593. The van der Waals surface area contributed by atoms with Gasteiger partial charge in [0.25, 0.3) is 0 Å². The van der Waals surface area contributed by atoms with Gasteiger partial charge < -0.3 is 0 Å². The van der Waals surface area contributed by atoms with E-state index in [-0.39, 0.29) is 5.03 Å². The van der Waals surface area contributed by atoms with Gasteiger partial charge in [-0.05, 0) is 6.26 Å². The highest BCUT2D eigenvalue weighted by Gasteiger charge is 2.14. The normalized spacial score (nSPS) is 11.5. The number of thioether (sulfide) groups is 1. The molecule has 0 amide bonds. The summed E-state index contributed by atoms with van der Waals surface area (Å²) in [5, 5.41) is 0.498. The van der Waals surface area contributed by atoms with Crippen LogP contribution >= 0.6 is 11.8 Å². The van der Waals surface area contributed by atoms with Crippen LogP contribution in [0.1, 0.15) is 0 Å². The predicted molar refractivity (Wildman–Crippen MR) is 46.9 cm³/mol. The highest BCUT2D eigenvalue weighted by Crippen LogP contribution is 2.18. The Morgan fingerprint density at radius 2 is 1.92 bits per heavy atom. The summed E-state index contributed by atoms with van der Waals surface area (Å²) in [5.41, 5.74) is 0. The van der Waals surface area contributed by atoms with Crippen molar-refractivity contribution in [1.82, 2.24) is 9.97 Å². The Labute approximate surface area is 75.3 Å². The van der Waals surface area contributed by atoms with Crippen LogP contribution in [-0.4, -0.2) is 30.9 Å². The molecule has 0 fully saturated rings. The van der Waals surface area contributed by atoms with Crippen LogP contribution in [0, 0.1) is 0 Å². The van der Waals surface area contributed by atoms with Crippen molar-refractivity contribution in [2.75, 3.05) is 12.5 Å². The molecule has 6 heteroatoms. The van der Waals surface area contributed by atoms with Crippen LogP contribution in [0.4, 0.5) is 0 Å². The summed E-state index contributed by atoms with van der Waals surface area (Å²) in [6, 6.07) is 0. The molecule has 0 radical (unpaired) electrons. The van der Waals surface area contributed by atoms with Crippen LogP contribution in [0.3, 0.4) is 0 Å². The van der Waals surface area contributed by atoms with Crippen LogP contribution in [0.15, 0.2) is 22.4 Å². The number of aromatic nitrogens is 2. The van der Waals surface area contributed by atoms with Gasteiger partial charge in [0.05, 0.1) is 0 Å². The zero-order valence-corrected chi connectivity index (χ0v) is 8.32. The Bertz CT molecular complexity index is 375. The molecule has 0 aliphatic heterocycles. The number of hydrogen-bond acceptors (Lipinski definition) is 5. The average molecular weight is 204 g/mol. The van der Waals surface area contributed by atoms with E-state index in [4.69, 9.17) is 0 Å². The molecule has 1 aromatic heterocycles. The van der Waals surface area contributed by atoms with Crippen molar-refractivity contribution in [3.05, 3.63) is 12.4 Å². The fraction of sp³-hybridized carbons (Fsp3) is 0.333. The molecule has 12 heavy (non-hydrogen) atoms. The molecule has 66 valence electrons. The van der Waals surface area contributed by atoms with Crippen molar-refractivity contribution in [2.45, 2.75) is 10.1 Å². The molecule has 0 aromatic carbocycles. The molecule has 0 spiro atoms. The number of sulfone groups is 1. The molecule has 0 atom stereocenters. The zero-order valence-electron chi connectivity index (χ0n) is 6.68. The SMILES string of the molecule is CSc1nccnc1S(C)(=O)=O. The summed E-state index contributed by atoms with van der Waals surface area (Å²) in [7, 11) is -3.24. The highest BCUT2D eigenvalue weighted by molar-refractivity contribution is 7.99. The molecule has 0 saturated carbocycles. The molecule has 1 rings (SSSR count). The molecule has 0 N–H and O–H groups in total. The maximum Gasteiger partial charge on any atom is 0.195 e. The summed E-state index contributed by atoms with van der Waals surface area (Å²) in [6.07, 6.45) is 5.73. The van der Waals surface area contributed by atoms with Crippen molar-refractivity contribution in [3.63, 3.8) is 0 Å². The topological polar surface area (TPSA) is 59.9 Å². The summed E-state index contributed by atoms with van der Waals surface area (Å²) in [4.78, 5) is 7.63. The molecular formula is C6H8N2O2S2. The number of hydrogen-bond donors (Lipinski definition) is 0. The molecule has 0 unspecified atom stereocenters. The lowest BCUT2D eigenvalue weighted by Crippen LogP contribution is -2.03. The lowest BCUT2D eigenvalue weighted by atomic mass is 10.8. The Hall–Kier alpha value is -0.620. The Kier molecular flexibility index (Phi) is 2.69.